The van der Waals surface area contributed by atoms with Crippen LogP contribution in [-0.2, 0) is 4.79 Å². The Balaban J connectivity index is 3.00. The molecule has 68 valence electrons. The van der Waals surface area contributed by atoms with Crippen molar-refractivity contribution in [3.8, 4) is 0 Å². The largest absolute Gasteiger partial charge is 0.295 e. The third-order valence-corrected chi connectivity index (χ3v) is 1.54. The second-order valence-electron chi connectivity index (χ2n) is 2.48. The van der Waals surface area contributed by atoms with Crippen molar-refractivity contribution in [2.75, 3.05) is 0 Å². The molecule has 0 aromatic carbocycles. The lowest BCUT2D eigenvalue weighted by atomic mass is 10.2. The topological polar surface area (TPSA) is 30.0 Å². The van der Waals surface area contributed by atoms with Gasteiger partial charge in [-0.25, -0.2) is 4.98 Å². The monoisotopic (exact) mass is 199 g/mol. The van der Waals surface area contributed by atoms with Gasteiger partial charge in [0.2, 0.25) is 5.95 Å². The van der Waals surface area contributed by atoms with E-state index in [1.54, 1.807) is 0 Å². The Morgan fingerprint density at radius 2 is 2.38 bits per heavy atom. The molecule has 0 aliphatic heterocycles. The van der Waals surface area contributed by atoms with Crippen LogP contribution >= 0.6 is 11.6 Å². The molecule has 2 nitrogen and oxygen atoms in total. The second kappa shape index (κ2) is 4.14. The molecule has 13 heavy (non-hydrogen) atoms. The Morgan fingerprint density at radius 1 is 1.69 bits per heavy atom. The van der Waals surface area contributed by atoms with E-state index < -0.39 is 5.95 Å². The molecule has 1 aromatic heterocycles. The second-order valence-corrected chi connectivity index (χ2v) is 2.91. The van der Waals surface area contributed by atoms with Crippen LogP contribution in [0.4, 0.5) is 4.39 Å². The molecule has 0 N–H and O–H groups in total. The summed E-state index contributed by atoms with van der Waals surface area (Å²) in [5.41, 5.74) is 0.211. The molecule has 4 heteroatoms. The van der Waals surface area contributed by atoms with Crippen molar-refractivity contribution in [1.82, 2.24) is 4.98 Å². The quantitative estimate of drug-likeness (QED) is 0.541. The zero-order valence-corrected chi connectivity index (χ0v) is 7.68. The molecule has 1 heterocycles. The molecule has 0 fully saturated rings. The van der Waals surface area contributed by atoms with Gasteiger partial charge in [0.25, 0.3) is 0 Å². The molecule has 0 aliphatic rings. The van der Waals surface area contributed by atoms with Crippen molar-refractivity contribution in [1.29, 1.82) is 0 Å². The Bertz CT molecular complexity index is 363. The molecule has 0 radical (unpaired) electrons. The smallest absolute Gasteiger partial charge is 0.220 e. The summed E-state index contributed by atoms with van der Waals surface area (Å²) in [6.45, 7) is 1.38. The van der Waals surface area contributed by atoms with Crippen molar-refractivity contribution in [2.45, 2.75) is 6.92 Å². The molecule has 0 atom stereocenters. The third kappa shape index (κ3) is 2.95. The number of carbonyl (C=O) groups is 1. The highest BCUT2D eigenvalue weighted by molar-refractivity contribution is 6.30. The number of hydrogen-bond donors (Lipinski definition) is 0. The van der Waals surface area contributed by atoms with E-state index in [-0.39, 0.29) is 11.3 Å². The Labute approximate surface area is 80.1 Å². The highest BCUT2D eigenvalue weighted by Crippen LogP contribution is 2.13. The van der Waals surface area contributed by atoms with Gasteiger partial charge in [0.15, 0.2) is 5.78 Å². The van der Waals surface area contributed by atoms with Crippen LogP contribution < -0.4 is 0 Å². The SMILES string of the molecule is CC(=O)/C=C/c1cc(Cl)cnc1F. The van der Waals surface area contributed by atoms with E-state index in [9.17, 15) is 9.18 Å². The molecule has 0 saturated carbocycles. The number of aromatic nitrogens is 1. The highest BCUT2D eigenvalue weighted by Gasteiger charge is 2.00. The number of hydrogen-bond acceptors (Lipinski definition) is 2. The summed E-state index contributed by atoms with van der Waals surface area (Å²) >= 11 is 5.58. The molecule has 0 unspecified atom stereocenters. The lowest BCUT2D eigenvalue weighted by Gasteiger charge is -1.95. The number of pyridine rings is 1. The van der Waals surface area contributed by atoms with Crippen LogP contribution in [-0.4, -0.2) is 10.8 Å². The van der Waals surface area contributed by atoms with Gasteiger partial charge in [0.1, 0.15) is 0 Å². The van der Waals surface area contributed by atoms with Crippen LogP contribution in [0.2, 0.25) is 5.02 Å². The Morgan fingerprint density at radius 3 is 3.00 bits per heavy atom. The molecule has 0 aliphatic carbocycles. The number of ketones is 1. The van der Waals surface area contributed by atoms with Crippen molar-refractivity contribution < 1.29 is 9.18 Å². The molecule has 0 bridgehead atoms. The first-order valence-electron chi connectivity index (χ1n) is 3.59. The van der Waals surface area contributed by atoms with Gasteiger partial charge < -0.3 is 0 Å². The minimum absolute atomic E-state index is 0.153. The maximum absolute atomic E-state index is 12.9. The van der Waals surface area contributed by atoms with Gasteiger partial charge in [-0.1, -0.05) is 11.6 Å². The van der Waals surface area contributed by atoms with E-state index in [1.165, 1.54) is 31.3 Å². The molecule has 1 aromatic rings. The Kier molecular flexibility index (Phi) is 3.14. The fourth-order valence-corrected chi connectivity index (χ4v) is 0.929. The number of carbonyl (C=O) groups excluding carboxylic acids is 1. The van der Waals surface area contributed by atoms with Crippen LogP contribution in [0.5, 0.6) is 0 Å². The molecule has 0 saturated heterocycles. The van der Waals surface area contributed by atoms with Gasteiger partial charge in [-0.15, -0.1) is 0 Å². The summed E-state index contributed by atoms with van der Waals surface area (Å²) in [5.74, 6) is -0.790. The summed E-state index contributed by atoms with van der Waals surface area (Å²) in [6.07, 6.45) is 3.81. The van der Waals surface area contributed by atoms with E-state index in [1.807, 2.05) is 0 Å². The summed E-state index contributed by atoms with van der Waals surface area (Å²) < 4.78 is 12.9. The van der Waals surface area contributed by atoms with Crippen molar-refractivity contribution in [2.24, 2.45) is 0 Å². The average molecular weight is 200 g/mol. The molecule has 1 rings (SSSR count). The zero-order valence-electron chi connectivity index (χ0n) is 6.92. The van der Waals surface area contributed by atoms with Gasteiger partial charge in [-0.2, -0.15) is 4.39 Å². The van der Waals surface area contributed by atoms with Crippen LogP contribution in [0.3, 0.4) is 0 Å². The molecule has 0 spiro atoms. The van der Waals surface area contributed by atoms with Gasteiger partial charge in [0.05, 0.1) is 5.02 Å². The normalized spacial score (nSPS) is 10.7. The molecular formula is C9H7ClFNO. The van der Waals surface area contributed by atoms with Crippen LogP contribution in [0.1, 0.15) is 12.5 Å². The summed E-state index contributed by atoms with van der Waals surface area (Å²) in [6, 6.07) is 1.41. The first-order chi connectivity index (χ1) is 6.09. The van der Waals surface area contributed by atoms with Crippen LogP contribution in [0.25, 0.3) is 6.08 Å². The number of nitrogens with zero attached hydrogens (tertiary/aromatic N) is 1. The highest BCUT2D eigenvalue weighted by atomic mass is 35.5. The van der Waals surface area contributed by atoms with Gasteiger partial charge in [-0.3, -0.25) is 4.79 Å². The minimum atomic E-state index is -0.637. The van der Waals surface area contributed by atoms with E-state index in [0.29, 0.717) is 5.02 Å². The summed E-state index contributed by atoms with van der Waals surface area (Å²) in [4.78, 5) is 13.9. The van der Waals surface area contributed by atoms with Crippen molar-refractivity contribution in [3.63, 3.8) is 0 Å². The summed E-state index contributed by atoms with van der Waals surface area (Å²) in [7, 11) is 0. The van der Waals surface area contributed by atoms with E-state index in [2.05, 4.69) is 4.98 Å². The first-order valence-corrected chi connectivity index (χ1v) is 3.97. The lowest BCUT2D eigenvalue weighted by Crippen LogP contribution is -1.88. The predicted octanol–water partition coefficient (Wildman–Crippen LogP) is 2.48. The first kappa shape index (κ1) is 9.86. The summed E-state index contributed by atoms with van der Waals surface area (Å²) in [5, 5.41) is 0.338. The maximum Gasteiger partial charge on any atom is 0.220 e. The van der Waals surface area contributed by atoms with Gasteiger partial charge in [0, 0.05) is 11.8 Å². The lowest BCUT2D eigenvalue weighted by molar-refractivity contribution is -0.112. The zero-order chi connectivity index (χ0) is 9.84. The number of rotatable bonds is 2. The van der Waals surface area contributed by atoms with Crippen molar-refractivity contribution >= 4 is 23.5 Å². The van der Waals surface area contributed by atoms with Crippen LogP contribution in [0.15, 0.2) is 18.3 Å². The fourth-order valence-electron chi connectivity index (χ4n) is 0.762. The predicted molar refractivity (Wildman–Crippen MR) is 48.9 cm³/mol. The fraction of sp³-hybridized carbons (Fsp3) is 0.111. The standard InChI is InChI=1S/C9H7ClFNO/c1-6(13)2-3-7-4-8(10)5-12-9(7)11/h2-5H,1H3/b3-2+. The minimum Gasteiger partial charge on any atom is -0.295 e. The van der Waals surface area contributed by atoms with Crippen molar-refractivity contribution in [3.05, 3.63) is 34.9 Å². The molecule has 0 amide bonds. The molecular weight excluding hydrogens is 193 g/mol. The third-order valence-electron chi connectivity index (χ3n) is 1.33. The van der Waals surface area contributed by atoms with E-state index >= 15 is 0 Å². The van der Waals surface area contributed by atoms with Gasteiger partial charge in [-0.05, 0) is 25.1 Å². The van der Waals surface area contributed by atoms with Gasteiger partial charge >= 0.3 is 0 Å². The number of halogens is 2. The van der Waals surface area contributed by atoms with Crippen LogP contribution in [0, 0.1) is 5.95 Å². The van der Waals surface area contributed by atoms with E-state index in [0.717, 1.165) is 0 Å². The number of allylic oxidation sites excluding steroid dienone is 1. The van der Waals surface area contributed by atoms with E-state index in [4.69, 9.17) is 11.6 Å². The Hall–Kier alpha value is -1.22. The maximum atomic E-state index is 12.9. The average Bonchev–Trinajstić information content (AvgIpc) is 2.06.